The molecule has 2 aliphatic heterocycles. The van der Waals surface area contributed by atoms with Gasteiger partial charge in [0.15, 0.2) is 5.82 Å². The highest BCUT2D eigenvalue weighted by molar-refractivity contribution is 5.81. The molecule has 2 fully saturated rings. The summed E-state index contributed by atoms with van der Waals surface area (Å²) >= 11 is 0. The van der Waals surface area contributed by atoms with Crippen molar-refractivity contribution < 1.29 is 8.78 Å². The first kappa shape index (κ1) is 22.4. The van der Waals surface area contributed by atoms with Crippen molar-refractivity contribution in [2.75, 3.05) is 31.1 Å². The molecule has 2 aliphatic rings. The van der Waals surface area contributed by atoms with Gasteiger partial charge < -0.3 is 10.2 Å². The van der Waals surface area contributed by atoms with Crippen LogP contribution in [-0.4, -0.2) is 45.5 Å². The van der Waals surface area contributed by atoms with Gasteiger partial charge in [0.25, 0.3) is 5.56 Å². The lowest BCUT2D eigenvalue weighted by atomic mass is 9.89. The summed E-state index contributed by atoms with van der Waals surface area (Å²) in [5.74, 6) is -0.683. The summed E-state index contributed by atoms with van der Waals surface area (Å²) in [5.41, 5.74) is 0.396. The minimum atomic E-state index is -0.937. The van der Waals surface area contributed by atoms with Gasteiger partial charge in [-0.05, 0) is 55.6 Å². The van der Waals surface area contributed by atoms with E-state index in [4.69, 9.17) is 6.57 Å². The van der Waals surface area contributed by atoms with E-state index in [-0.39, 0.29) is 22.9 Å². The number of piperidine rings is 1. The first-order chi connectivity index (χ1) is 17.4. The number of fused-ring (bicyclic) bond motifs is 2. The molecule has 2 atom stereocenters. The van der Waals surface area contributed by atoms with Gasteiger partial charge in [0.1, 0.15) is 11.6 Å². The van der Waals surface area contributed by atoms with Gasteiger partial charge >= 0.3 is 0 Å². The molecule has 6 rings (SSSR count). The highest BCUT2D eigenvalue weighted by atomic mass is 19.1. The Kier molecular flexibility index (Phi) is 5.30. The van der Waals surface area contributed by atoms with Crippen LogP contribution in [0.5, 0.6) is 0 Å². The fourth-order valence-corrected chi connectivity index (χ4v) is 5.37. The Morgan fingerprint density at radius 3 is 2.78 bits per heavy atom. The Morgan fingerprint density at radius 2 is 1.97 bits per heavy atom. The van der Waals surface area contributed by atoms with Gasteiger partial charge in [-0.3, -0.25) is 14.0 Å². The van der Waals surface area contributed by atoms with Crippen molar-refractivity contribution in [2.45, 2.75) is 6.42 Å². The number of anilines is 1. The summed E-state index contributed by atoms with van der Waals surface area (Å²) in [6, 6.07) is 9.19. The summed E-state index contributed by atoms with van der Waals surface area (Å²) in [7, 11) is 1.79. The molecular formula is C26H23F2N7O. The molecule has 2 saturated heterocycles. The molecule has 36 heavy (non-hydrogen) atoms. The fraction of sp³-hybridized carbons (Fsp3) is 0.308. The smallest absolute Gasteiger partial charge is 0.296 e. The van der Waals surface area contributed by atoms with Gasteiger partial charge in [-0.15, -0.1) is 0 Å². The van der Waals surface area contributed by atoms with Crippen LogP contribution in [0, 0.1) is 30.0 Å². The van der Waals surface area contributed by atoms with Gasteiger partial charge in [-0.25, -0.2) is 14.2 Å². The van der Waals surface area contributed by atoms with Gasteiger partial charge in [-0.2, -0.15) is 9.49 Å². The number of benzene rings is 2. The minimum absolute atomic E-state index is 0.0197. The fourth-order valence-electron chi connectivity index (χ4n) is 5.37. The van der Waals surface area contributed by atoms with Gasteiger partial charge in [0.05, 0.1) is 17.8 Å². The van der Waals surface area contributed by atoms with Crippen LogP contribution < -0.4 is 15.8 Å². The van der Waals surface area contributed by atoms with E-state index in [1.165, 1.54) is 22.8 Å². The molecule has 4 aromatic rings. The highest BCUT2D eigenvalue weighted by Crippen LogP contribution is 2.32. The predicted molar refractivity (Wildman–Crippen MR) is 132 cm³/mol. The molecule has 8 nitrogen and oxygen atoms in total. The topological polar surface area (TPSA) is 72.3 Å². The Hall–Kier alpha value is -4.10. The molecular weight excluding hydrogens is 464 g/mol. The molecule has 4 heterocycles. The summed E-state index contributed by atoms with van der Waals surface area (Å²) in [6.07, 6.45) is 2.68. The maximum absolute atomic E-state index is 15.7. The normalized spacial score (nSPS) is 19.4. The number of nitrogens with one attached hydrogen (secondary N) is 1. The zero-order valence-corrected chi connectivity index (χ0v) is 19.6. The third-order valence-electron chi connectivity index (χ3n) is 7.20. The first-order valence-electron chi connectivity index (χ1n) is 11.8. The second-order valence-corrected chi connectivity index (χ2v) is 9.45. The van der Waals surface area contributed by atoms with Crippen molar-refractivity contribution in [3.63, 3.8) is 0 Å². The molecule has 1 N–H and O–H groups in total. The van der Waals surface area contributed by atoms with E-state index in [1.54, 1.807) is 36.1 Å². The Morgan fingerprint density at radius 1 is 1.14 bits per heavy atom. The number of rotatable bonds is 3. The lowest BCUT2D eigenvalue weighted by Gasteiger charge is -2.35. The minimum Gasteiger partial charge on any atom is -0.354 e. The first-order valence-corrected chi connectivity index (χ1v) is 11.8. The molecule has 0 bridgehead atoms. The van der Waals surface area contributed by atoms with E-state index in [0.717, 1.165) is 30.4 Å². The quantitative estimate of drug-likeness (QED) is 0.447. The van der Waals surface area contributed by atoms with E-state index < -0.39 is 17.2 Å². The summed E-state index contributed by atoms with van der Waals surface area (Å²) in [4.78, 5) is 23.2. The van der Waals surface area contributed by atoms with Crippen molar-refractivity contribution in [3.8, 4) is 17.1 Å². The lowest BCUT2D eigenvalue weighted by Crippen LogP contribution is -2.42. The molecule has 0 radical (unpaired) electrons. The van der Waals surface area contributed by atoms with Crippen LogP contribution in [0.15, 0.2) is 47.4 Å². The highest BCUT2D eigenvalue weighted by Gasteiger charge is 2.35. The molecule has 0 spiro atoms. The van der Waals surface area contributed by atoms with Crippen molar-refractivity contribution in [2.24, 2.45) is 18.9 Å². The van der Waals surface area contributed by atoms with E-state index in [9.17, 15) is 9.18 Å². The largest absolute Gasteiger partial charge is 0.354 e. The lowest BCUT2D eigenvalue weighted by molar-refractivity contribution is 0.345. The molecule has 10 heteroatoms. The SMILES string of the molecule is [C-]#[N+]c1ccc(-c2nc(N3CCC4CNCC4C3)c(F)c(=O)n2-c2ccc3nn(C)cc3c2)cc1F. The van der Waals surface area contributed by atoms with Crippen molar-refractivity contribution in [3.05, 3.63) is 76.0 Å². The average molecular weight is 488 g/mol. The van der Waals surface area contributed by atoms with Crippen LogP contribution >= 0.6 is 0 Å². The number of aromatic nitrogens is 4. The van der Waals surface area contributed by atoms with Crippen LogP contribution in [0.2, 0.25) is 0 Å². The third kappa shape index (κ3) is 3.63. The number of aryl methyl sites for hydroxylation is 1. The van der Waals surface area contributed by atoms with Crippen molar-refractivity contribution in [1.82, 2.24) is 24.6 Å². The second kappa shape index (κ2) is 8.53. The maximum Gasteiger partial charge on any atom is 0.296 e. The molecule has 0 amide bonds. The van der Waals surface area contributed by atoms with Crippen LogP contribution in [0.4, 0.5) is 20.3 Å². The number of halogens is 2. The van der Waals surface area contributed by atoms with E-state index >= 15 is 4.39 Å². The zero-order chi connectivity index (χ0) is 25.0. The van der Waals surface area contributed by atoms with Gasteiger partial charge in [0.2, 0.25) is 11.5 Å². The van der Waals surface area contributed by atoms with Crippen LogP contribution in [-0.2, 0) is 7.05 Å². The van der Waals surface area contributed by atoms with Crippen LogP contribution in [0.1, 0.15) is 6.42 Å². The summed E-state index contributed by atoms with van der Waals surface area (Å²) in [6.45, 7) is 10.1. The van der Waals surface area contributed by atoms with E-state index in [2.05, 4.69) is 20.2 Å². The average Bonchev–Trinajstić information content (AvgIpc) is 3.49. The molecule has 2 unspecified atom stereocenters. The number of hydrogen-bond acceptors (Lipinski definition) is 5. The predicted octanol–water partition coefficient (Wildman–Crippen LogP) is 3.66. The molecule has 0 aliphatic carbocycles. The van der Waals surface area contributed by atoms with E-state index in [0.29, 0.717) is 30.6 Å². The van der Waals surface area contributed by atoms with Crippen molar-refractivity contribution >= 4 is 22.4 Å². The monoisotopic (exact) mass is 487 g/mol. The summed E-state index contributed by atoms with van der Waals surface area (Å²) < 4.78 is 33.2. The van der Waals surface area contributed by atoms with Gasteiger partial charge in [-0.1, -0.05) is 12.1 Å². The zero-order valence-electron chi connectivity index (χ0n) is 19.6. The Balaban J connectivity index is 1.55. The molecule has 2 aromatic heterocycles. The van der Waals surface area contributed by atoms with Crippen LogP contribution in [0.25, 0.3) is 32.8 Å². The molecule has 0 saturated carbocycles. The standard InChI is InChI=1S/C26H23F2N7O/c1-29-22-5-3-15(10-20(22)27)24-31-25(34-8-7-16-11-30-12-18(16)14-34)23(28)26(36)35(24)19-4-6-21-17(9-19)13-33(2)32-21/h3-6,9-10,13,16,18,30H,7-8,11-12,14H2,2H3. The molecule has 2 aromatic carbocycles. The van der Waals surface area contributed by atoms with Crippen LogP contribution in [0.3, 0.4) is 0 Å². The Bertz CT molecular complexity index is 1600. The Labute approximate surface area is 205 Å². The van der Waals surface area contributed by atoms with Gasteiger partial charge in [0, 0.05) is 37.3 Å². The number of hydrogen-bond donors (Lipinski definition) is 1. The maximum atomic E-state index is 15.7. The third-order valence-corrected chi connectivity index (χ3v) is 7.20. The molecule has 182 valence electrons. The summed E-state index contributed by atoms with van der Waals surface area (Å²) in [5, 5.41) is 8.50. The van der Waals surface area contributed by atoms with E-state index in [1.807, 2.05) is 4.90 Å². The number of nitrogens with zero attached hydrogens (tertiary/aromatic N) is 6. The second-order valence-electron chi connectivity index (χ2n) is 9.45. The van der Waals surface area contributed by atoms with Crippen molar-refractivity contribution in [1.29, 1.82) is 0 Å².